The molecule has 2 aliphatic heterocycles. The van der Waals surface area contributed by atoms with Crippen LogP contribution in [0.25, 0.3) is 5.76 Å². The molecule has 0 aromatic heterocycles. The first kappa shape index (κ1) is 25.0. The second kappa shape index (κ2) is 8.12. The lowest BCUT2D eigenvalue weighted by Gasteiger charge is -2.29. The monoisotopic (exact) mass is 545 g/mol. The summed E-state index contributed by atoms with van der Waals surface area (Å²) in [6.45, 7) is 3.19. The summed E-state index contributed by atoms with van der Waals surface area (Å²) >= 11 is 0. The Kier molecular flexibility index (Phi) is 5.08. The van der Waals surface area contributed by atoms with E-state index in [-0.39, 0.29) is 40.7 Å². The summed E-state index contributed by atoms with van der Waals surface area (Å²) < 4.78 is 10.3. The summed E-state index contributed by atoms with van der Waals surface area (Å²) in [7, 11) is 0. The van der Waals surface area contributed by atoms with Crippen LogP contribution in [0.4, 0.5) is 0 Å². The van der Waals surface area contributed by atoms with Crippen LogP contribution >= 0.6 is 0 Å². The quantitative estimate of drug-likeness (QED) is 0.298. The number of aliphatic hydroxyl groups is 1. The topological polar surface area (TPSA) is 208 Å². The Hall–Kier alpha value is -5.26. The van der Waals surface area contributed by atoms with E-state index in [9.17, 15) is 44.1 Å². The minimum atomic E-state index is -1.41. The number of carbonyl (C=O) groups is 6. The van der Waals surface area contributed by atoms with Crippen molar-refractivity contribution < 1.29 is 53.6 Å². The lowest BCUT2D eigenvalue weighted by molar-refractivity contribution is -0.111. The largest absolute Gasteiger partial charge is 0.506 e. The number of ketones is 4. The molecule has 0 amide bonds. The Bertz CT molecular complexity index is 1770. The molecule has 0 unspecified atom stereocenters. The molecule has 202 valence electrons. The molecule has 0 saturated heterocycles. The highest BCUT2D eigenvalue weighted by Crippen LogP contribution is 2.45. The number of esters is 2. The fourth-order valence-electron chi connectivity index (χ4n) is 5.69. The van der Waals surface area contributed by atoms with Crippen LogP contribution in [-0.2, 0) is 27.1 Å². The van der Waals surface area contributed by atoms with Crippen molar-refractivity contribution in [3.63, 3.8) is 0 Å². The molecule has 2 aliphatic carbocycles. The number of Topliss-reactive ketones (excluding diaryl/α,β-unsaturated/α-hetero) is 4. The molecule has 0 radical (unpaired) electrons. The van der Waals surface area contributed by atoms with Gasteiger partial charge in [-0.3, -0.25) is 19.2 Å². The van der Waals surface area contributed by atoms with Crippen LogP contribution in [0.2, 0.25) is 0 Å². The van der Waals surface area contributed by atoms with E-state index in [0.29, 0.717) is 0 Å². The van der Waals surface area contributed by atoms with Crippen molar-refractivity contribution in [3.8, 4) is 11.5 Å². The molecule has 4 aliphatic rings. The van der Waals surface area contributed by atoms with Crippen LogP contribution in [0.15, 0.2) is 29.0 Å². The second-order valence-corrected chi connectivity index (χ2v) is 10.0. The van der Waals surface area contributed by atoms with Gasteiger partial charge in [0.15, 0.2) is 0 Å². The third kappa shape index (κ3) is 3.12. The number of aromatic hydroxyl groups is 2. The molecule has 6 rings (SSSR count). The van der Waals surface area contributed by atoms with E-state index < -0.39 is 98.1 Å². The number of hydrogen-bond donors (Lipinski definition) is 4. The number of carbonyl (C=O) groups excluding carboxylic acids is 6. The van der Waals surface area contributed by atoms with Gasteiger partial charge in [-0.05, 0) is 37.1 Å². The molecule has 40 heavy (non-hydrogen) atoms. The van der Waals surface area contributed by atoms with Crippen molar-refractivity contribution in [2.24, 2.45) is 5.73 Å². The number of fused-ring (bicyclic) bond motifs is 4. The van der Waals surface area contributed by atoms with Gasteiger partial charge >= 0.3 is 11.9 Å². The number of ether oxygens (including phenoxy) is 2. The van der Waals surface area contributed by atoms with E-state index in [1.54, 1.807) is 13.8 Å². The minimum Gasteiger partial charge on any atom is -0.506 e. The lowest BCUT2D eigenvalue weighted by atomic mass is 9.75. The first-order chi connectivity index (χ1) is 18.8. The van der Waals surface area contributed by atoms with Crippen LogP contribution in [-0.4, -0.2) is 62.6 Å². The fraction of sp³-hybridized carbons (Fsp3) is 0.214. The molecule has 2 heterocycles. The first-order valence-corrected chi connectivity index (χ1v) is 12.1. The number of allylic oxidation sites excluding steroid dienone is 3. The van der Waals surface area contributed by atoms with Gasteiger partial charge in [0.25, 0.3) is 0 Å². The normalized spacial score (nSPS) is 21.9. The number of hydrogen-bond acceptors (Lipinski definition) is 12. The summed E-state index contributed by atoms with van der Waals surface area (Å²) in [4.78, 5) is 78.5. The van der Waals surface area contributed by atoms with Crippen LogP contribution < -0.4 is 5.73 Å². The molecule has 5 N–H and O–H groups in total. The highest BCUT2D eigenvalue weighted by Gasteiger charge is 2.46. The van der Waals surface area contributed by atoms with E-state index in [0.717, 1.165) is 0 Å². The number of phenols is 2. The van der Waals surface area contributed by atoms with Crippen molar-refractivity contribution in [1.82, 2.24) is 0 Å². The van der Waals surface area contributed by atoms with Gasteiger partial charge in [0.1, 0.15) is 40.6 Å². The van der Waals surface area contributed by atoms with Crippen molar-refractivity contribution in [2.45, 2.75) is 38.9 Å². The summed E-state index contributed by atoms with van der Waals surface area (Å²) in [6.07, 6.45) is -0.892. The standard InChI is InChI=1S/C28H19NO11/c1-7-3-9-5-11-15(22(32)13(9)27(37)39-7)24(34)17(19(29)20(11)30)18-25(35)16-12(21(31)26(18)36)6-10-4-8(2)40-28(38)14(10)23(16)33/h5-8,32-33,35H,3-4,29H2,1-2H3/t7-,8-/m1/s1. The minimum absolute atomic E-state index is 0.118. The molecule has 0 bridgehead atoms. The van der Waals surface area contributed by atoms with E-state index >= 15 is 0 Å². The zero-order valence-electron chi connectivity index (χ0n) is 20.9. The maximum atomic E-state index is 13.7. The molecule has 2 atom stereocenters. The molecule has 0 fully saturated rings. The highest BCUT2D eigenvalue weighted by molar-refractivity contribution is 6.55. The predicted octanol–water partition coefficient (Wildman–Crippen LogP) is 1.63. The maximum absolute atomic E-state index is 13.7. The molecular formula is C28H19NO11. The maximum Gasteiger partial charge on any atom is 0.342 e. The number of benzene rings is 2. The number of cyclic esters (lactones) is 2. The second-order valence-electron chi connectivity index (χ2n) is 10.0. The smallest absolute Gasteiger partial charge is 0.342 e. The van der Waals surface area contributed by atoms with E-state index in [1.807, 2.05) is 0 Å². The van der Waals surface area contributed by atoms with E-state index in [2.05, 4.69) is 0 Å². The van der Waals surface area contributed by atoms with Crippen molar-refractivity contribution in [3.05, 3.63) is 73.5 Å². The Morgan fingerprint density at radius 3 is 1.65 bits per heavy atom. The van der Waals surface area contributed by atoms with Crippen LogP contribution in [0.3, 0.4) is 0 Å². The van der Waals surface area contributed by atoms with Crippen LogP contribution in [0.1, 0.15) is 82.3 Å². The Labute approximate surface area is 224 Å². The molecule has 0 saturated carbocycles. The van der Waals surface area contributed by atoms with Crippen molar-refractivity contribution in [1.29, 1.82) is 0 Å². The van der Waals surface area contributed by atoms with Gasteiger partial charge in [0.2, 0.25) is 23.1 Å². The van der Waals surface area contributed by atoms with Gasteiger partial charge in [-0.15, -0.1) is 0 Å². The number of aliphatic hydroxyl groups excluding tert-OH is 1. The number of phenolic OH excluding ortho intramolecular Hbond substituents is 2. The van der Waals surface area contributed by atoms with E-state index in [4.69, 9.17) is 15.2 Å². The Balaban J connectivity index is 1.59. The Morgan fingerprint density at radius 1 is 0.650 bits per heavy atom. The van der Waals surface area contributed by atoms with Gasteiger partial charge in [-0.25, -0.2) is 9.59 Å². The van der Waals surface area contributed by atoms with Crippen LogP contribution in [0, 0.1) is 0 Å². The molecule has 0 spiro atoms. The Morgan fingerprint density at radius 2 is 1.12 bits per heavy atom. The molecule has 12 heteroatoms. The number of nitrogens with two attached hydrogens (primary N) is 1. The fourth-order valence-corrected chi connectivity index (χ4v) is 5.69. The SMILES string of the molecule is C[C@@H]1Cc2cc3c(c(O)c2C(=O)O1)C(=O)C(C1=C(O)c2c(cc4c(c2O)C(=O)O[C@H](C)C4)C(=O)C1=O)=C(N)C3=O. The lowest BCUT2D eigenvalue weighted by Crippen LogP contribution is -2.35. The molecular weight excluding hydrogens is 526 g/mol. The van der Waals surface area contributed by atoms with Gasteiger partial charge in [0, 0.05) is 24.0 Å². The third-order valence-corrected chi connectivity index (χ3v) is 7.42. The summed E-state index contributed by atoms with van der Waals surface area (Å²) in [6, 6.07) is 2.41. The zero-order chi connectivity index (χ0) is 28.9. The van der Waals surface area contributed by atoms with Crippen molar-refractivity contribution in [2.75, 3.05) is 0 Å². The summed E-state index contributed by atoms with van der Waals surface area (Å²) in [5.41, 5.74) is 1.02. The predicted molar refractivity (Wildman–Crippen MR) is 132 cm³/mol. The van der Waals surface area contributed by atoms with Crippen LogP contribution in [0.5, 0.6) is 11.5 Å². The van der Waals surface area contributed by atoms with Gasteiger partial charge in [0.05, 0.1) is 28.0 Å². The average molecular weight is 545 g/mol. The number of rotatable bonds is 1. The highest BCUT2D eigenvalue weighted by atomic mass is 16.5. The molecule has 12 nitrogen and oxygen atoms in total. The third-order valence-electron chi connectivity index (χ3n) is 7.42. The summed E-state index contributed by atoms with van der Waals surface area (Å²) in [5, 5.41) is 33.1. The summed E-state index contributed by atoms with van der Waals surface area (Å²) in [5.74, 6) is -9.58. The first-order valence-electron chi connectivity index (χ1n) is 12.1. The van der Waals surface area contributed by atoms with E-state index in [1.165, 1.54) is 12.1 Å². The van der Waals surface area contributed by atoms with Crippen molar-refractivity contribution >= 4 is 40.8 Å². The van der Waals surface area contributed by atoms with Gasteiger partial charge in [-0.1, -0.05) is 0 Å². The molecule has 2 aromatic rings. The van der Waals surface area contributed by atoms with Gasteiger partial charge in [-0.2, -0.15) is 0 Å². The molecule has 2 aromatic carbocycles. The zero-order valence-corrected chi connectivity index (χ0v) is 20.9. The van der Waals surface area contributed by atoms with Gasteiger partial charge < -0.3 is 30.5 Å². The average Bonchev–Trinajstić information content (AvgIpc) is 2.86.